The molecule has 0 bridgehead atoms. The lowest BCUT2D eigenvalue weighted by atomic mass is 9.90. The number of amides is 1. The molecule has 0 radical (unpaired) electrons. The predicted molar refractivity (Wildman–Crippen MR) is 79.0 cm³/mol. The highest BCUT2D eigenvalue weighted by molar-refractivity contribution is 7.89. The van der Waals surface area contributed by atoms with Gasteiger partial charge in [-0.05, 0) is 37.6 Å². The average molecular weight is 326 g/mol. The number of carboxylic acids is 1. The van der Waals surface area contributed by atoms with E-state index in [2.05, 4.69) is 5.32 Å². The Bertz CT molecular complexity index is 698. The molecule has 1 amide bonds. The highest BCUT2D eigenvalue weighted by atomic mass is 32.2. The van der Waals surface area contributed by atoms with Gasteiger partial charge in [-0.3, -0.25) is 9.59 Å². The molecule has 1 unspecified atom stereocenters. The van der Waals surface area contributed by atoms with Gasteiger partial charge in [-0.25, -0.2) is 8.42 Å². The fourth-order valence-corrected chi connectivity index (χ4v) is 3.93. The van der Waals surface area contributed by atoms with Crippen LogP contribution in [0.2, 0.25) is 0 Å². The van der Waals surface area contributed by atoms with Gasteiger partial charge in [0.25, 0.3) is 5.91 Å². The highest BCUT2D eigenvalue weighted by Gasteiger charge is 2.44. The predicted octanol–water partition coefficient (Wildman–Crippen LogP) is 0.532. The van der Waals surface area contributed by atoms with Crippen molar-refractivity contribution in [3.63, 3.8) is 0 Å². The van der Waals surface area contributed by atoms with Crippen LogP contribution in [0.25, 0.3) is 0 Å². The van der Waals surface area contributed by atoms with Crippen molar-refractivity contribution in [2.45, 2.75) is 18.2 Å². The summed E-state index contributed by atoms with van der Waals surface area (Å²) < 4.78 is 26.2. The zero-order chi connectivity index (χ0) is 16.5. The summed E-state index contributed by atoms with van der Waals surface area (Å²) in [5.41, 5.74) is -0.701. The van der Waals surface area contributed by atoms with Gasteiger partial charge in [0, 0.05) is 25.7 Å². The van der Waals surface area contributed by atoms with E-state index in [1.165, 1.54) is 35.6 Å². The summed E-state index contributed by atoms with van der Waals surface area (Å²) in [6.45, 7) is 1.66. The Balaban J connectivity index is 2.25. The molecule has 7 nitrogen and oxygen atoms in total. The maximum Gasteiger partial charge on any atom is 0.310 e. The van der Waals surface area contributed by atoms with Gasteiger partial charge in [0.2, 0.25) is 10.0 Å². The zero-order valence-electron chi connectivity index (χ0n) is 12.4. The van der Waals surface area contributed by atoms with Crippen LogP contribution in [0.3, 0.4) is 0 Å². The molecule has 1 aromatic rings. The number of nitrogens with zero attached hydrogens (tertiary/aromatic N) is 1. The number of hydrogen-bond acceptors (Lipinski definition) is 4. The van der Waals surface area contributed by atoms with Crippen LogP contribution in [-0.2, 0) is 14.8 Å². The number of carbonyl (C=O) groups excluding carboxylic acids is 1. The monoisotopic (exact) mass is 326 g/mol. The molecule has 1 aliphatic rings. The van der Waals surface area contributed by atoms with E-state index in [-0.39, 0.29) is 30.3 Å². The van der Waals surface area contributed by atoms with Gasteiger partial charge in [0.15, 0.2) is 0 Å². The first-order chi connectivity index (χ1) is 10.2. The molecular formula is C14H18N2O5S. The molecule has 2 rings (SSSR count). The standard InChI is InChI=1S/C14H18N2O5S/c1-14(13(18)19)7-8-16(9-14)22(20,21)11-5-3-10(4-6-11)12(17)15-2/h3-6H,7-9H2,1-2H3,(H,15,17)(H,18,19). The Morgan fingerprint density at radius 3 is 2.32 bits per heavy atom. The molecule has 1 saturated heterocycles. The van der Waals surface area contributed by atoms with Crippen LogP contribution in [0.15, 0.2) is 29.2 Å². The van der Waals surface area contributed by atoms with E-state index in [1.54, 1.807) is 6.92 Å². The molecule has 22 heavy (non-hydrogen) atoms. The number of nitrogens with one attached hydrogen (secondary N) is 1. The lowest BCUT2D eigenvalue weighted by molar-refractivity contribution is -0.146. The van der Waals surface area contributed by atoms with Crippen molar-refractivity contribution in [1.29, 1.82) is 0 Å². The third-order valence-electron chi connectivity index (χ3n) is 3.94. The van der Waals surface area contributed by atoms with Crippen molar-refractivity contribution >= 4 is 21.9 Å². The molecule has 1 atom stereocenters. The molecule has 1 aliphatic heterocycles. The number of carboxylic acid groups (broad SMARTS) is 1. The number of benzene rings is 1. The summed E-state index contributed by atoms with van der Waals surface area (Å²) in [7, 11) is -2.26. The van der Waals surface area contributed by atoms with Gasteiger partial charge in [0.05, 0.1) is 10.3 Å². The maximum absolute atomic E-state index is 12.5. The van der Waals surface area contributed by atoms with E-state index in [0.717, 1.165) is 0 Å². The normalized spacial score (nSPS) is 22.5. The lowest BCUT2D eigenvalue weighted by Crippen LogP contribution is -2.34. The minimum Gasteiger partial charge on any atom is -0.481 e. The SMILES string of the molecule is CNC(=O)c1ccc(S(=O)(=O)N2CCC(C)(C(=O)O)C2)cc1. The molecule has 1 fully saturated rings. The largest absolute Gasteiger partial charge is 0.481 e. The second-order valence-corrected chi connectivity index (χ2v) is 7.50. The van der Waals surface area contributed by atoms with Crippen LogP contribution in [-0.4, -0.2) is 49.8 Å². The van der Waals surface area contributed by atoms with Crippen molar-refractivity contribution in [1.82, 2.24) is 9.62 Å². The van der Waals surface area contributed by atoms with E-state index >= 15 is 0 Å². The van der Waals surface area contributed by atoms with Crippen molar-refractivity contribution < 1.29 is 23.1 Å². The summed E-state index contributed by atoms with van der Waals surface area (Å²) >= 11 is 0. The molecular weight excluding hydrogens is 308 g/mol. The Labute approximate surface area is 129 Å². The molecule has 2 N–H and O–H groups in total. The third-order valence-corrected chi connectivity index (χ3v) is 5.80. The summed E-state index contributed by atoms with van der Waals surface area (Å²) in [5, 5.41) is 11.6. The van der Waals surface area contributed by atoms with Crippen molar-refractivity contribution in [3.8, 4) is 0 Å². The smallest absolute Gasteiger partial charge is 0.310 e. The quantitative estimate of drug-likeness (QED) is 0.840. The third kappa shape index (κ3) is 2.84. The van der Waals surface area contributed by atoms with Gasteiger partial charge in [-0.1, -0.05) is 0 Å². The number of sulfonamides is 1. The lowest BCUT2D eigenvalue weighted by Gasteiger charge is -2.20. The average Bonchev–Trinajstić information content (AvgIpc) is 2.91. The van der Waals surface area contributed by atoms with Gasteiger partial charge in [0.1, 0.15) is 0 Å². The van der Waals surface area contributed by atoms with Gasteiger partial charge >= 0.3 is 5.97 Å². The number of rotatable bonds is 4. The minimum absolute atomic E-state index is 0.0507. The van der Waals surface area contributed by atoms with E-state index < -0.39 is 21.4 Å². The molecule has 120 valence electrons. The van der Waals surface area contributed by atoms with Crippen LogP contribution in [0, 0.1) is 5.41 Å². The highest BCUT2D eigenvalue weighted by Crippen LogP contribution is 2.33. The Morgan fingerprint density at radius 2 is 1.86 bits per heavy atom. The van der Waals surface area contributed by atoms with Crippen LogP contribution >= 0.6 is 0 Å². The van der Waals surface area contributed by atoms with E-state index in [9.17, 15) is 23.1 Å². The maximum atomic E-state index is 12.5. The fourth-order valence-electron chi connectivity index (χ4n) is 2.37. The molecule has 1 aromatic carbocycles. The second kappa shape index (κ2) is 5.69. The molecule has 8 heteroatoms. The summed E-state index contributed by atoms with van der Waals surface area (Å²) in [6, 6.07) is 5.57. The van der Waals surface area contributed by atoms with Crippen molar-refractivity contribution in [2.75, 3.05) is 20.1 Å². The fraction of sp³-hybridized carbons (Fsp3) is 0.429. The topological polar surface area (TPSA) is 104 Å². The Kier molecular flexibility index (Phi) is 4.25. The molecule has 1 heterocycles. The summed E-state index contributed by atoms with van der Waals surface area (Å²) in [4.78, 5) is 22.7. The number of aliphatic carboxylic acids is 1. The van der Waals surface area contributed by atoms with Gasteiger partial charge < -0.3 is 10.4 Å². The first-order valence-corrected chi connectivity index (χ1v) is 8.20. The van der Waals surface area contributed by atoms with Crippen LogP contribution in [0.1, 0.15) is 23.7 Å². The van der Waals surface area contributed by atoms with E-state index in [0.29, 0.717) is 5.56 Å². The van der Waals surface area contributed by atoms with E-state index in [4.69, 9.17) is 0 Å². The molecule has 0 saturated carbocycles. The Morgan fingerprint density at radius 1 is 1.27 bits per heavy atom. The van der Waals surface area contributed by atoms with Crippen LogP contribution in [0.5, 0.6) is 0 Å². The van der Waals surface area contributed by atoms with Crippen molar-refractivity contribution in [2.24, 2.45) is 5.41 Å². The molecule has 0 aromatic heterocycles. The summed E-state index contributed by atoms with van der Waals surface area (Å²) in [6.07, 6.45) is 0.276. The number of hydrogen-bond donors (Lipinski definition) is 2. The van der Waals surface area contributed by atoms with E-state index in [1.807, 2.05) is 0 Å². The zero-order valence-corrected chi connectivity index (χ0v) is 13.2. The Hall–Kier alpha value is -1.93. The minimum atomic E-state index is -3.75. The first kappa shape index (κ1) is 16.4. The molecule has 0 spiro atoms. The van der Waals surface area contributed by atoms with Crippen molar-refractivity contribution in [3.05, 3.63) is 29.8 Å². The van der Waals surface area contributed by atoms with Crippen LogP contribution < -0.4 is 5.32 Å². The number of carbonyl (C=O) groups is 2. The van der Waals surface area contributed by atoms with Gasteiger partial charge in [-0.15, -0.1) is 0 Å². The molecule has 0 aliphatic carbocycles. The summed E-state index contributed by atoms with van der Waals surface area (Å²) in [5.74, 6) is -1.30. The van der Waals surface area contributed by atoms with Crippen LogP contribution in [0.4, 0.5) is 0 Å². The second-order valence-electron chi connectivity index (χ2n) is 5.56. The van der Waals surface area contributed by atoms with Gasteiger partial charge in [-0.2, -0.15) is 4.31 Å². The first-order valence-electron chi connectivity index (χ1n) is 6.76.